The lowest BCUT2D eigenvalue weighted by Gasteiger charge is -2.34. The number of thiazole rings is 1. The average Bonchev–Trinajstić information content (AvgIpc) is 3.75. The number of para-hydroxylation sites is 2. The molecule has 0 spiro atoms. The molecule has 1 aromatic carbocycles. The maximum absolute atomic E-state index is 13.2. The maximum Gasteiger partial charge on any atom is 0.223 e. The second kappa shape index (κ2) is 13.3. The molecule has 2 atom stereocenters. The third-order valence-corrected chi connectivity index (χ3v) is 9.84. The predicted octanol–water partition coefficient (Wildman–Crippen LogP) is 5.23. The molecule has 2 saturated heterocycles. The number of benzene rings is 1. The van der Waals surface area contributed by atoms with E-state index in [0.717, 1.165) is 59.9 Å². The van der Waals surface area contributed by atoms with Gasteiger partial charge in [0, 0.05) is 43.3 Å². The zero-order valence-electron chi connectivity index (χ0n) is 24.6. The molecule has 42 heavy (non-hydrogen) atoms. The van der Waals surface area contributed by atoms with Crippen LogP contribution in [-0.2, 0) is 22.7 Å². The van der Waals surface area contributed by atoms with Crippen LogP contribution in [0.1, 0.15) is 67.9 Å². The second-order valence-electron chi connectivity index (χ2n) is 12.0. The van der Waals surface area contributed by atoms with Gasteiger partial charge < -0.3 is 14.8 Å². The van der Waals surface area contributed by atoms with Crippen molar-refractivity contribution in [3.63, 3.8) is 0 Å². The Hall–Kier alpha value is -3.30. The van der Waals surface area contributed by atoms with E-state index in [1.807, 2.05) is 30.5 Å². The van der Waals surface area contributed by atoms with Crippen LogP contribution in [0, 0.1) is 12.8 Å². The predicted molar refractivity (Wildman–Crippen MR) is 167 cm³/mol. The summed E-state index contributed by atoms with van der Waals surface area (Å²) in [7, 11) is 0. The number of hydrogen-bond donors (Lipinski definition) is 1. The van der Waals surface area contributed by atoms with E-state index in [4.69, 9.17) is 4.98 Å². The first kappa shape index (κ1) is 28.8. The van der Waals surface area contributed by atoms with Crippen molar-refractivity contribution in [2.75, 3.05) is 26.2 Å². The summed E-state index contributed by atoms with van der Waals surface area (Å²) in [6.07, 6.45) is 14.3. The highest BCUT2D eigenvalue weighted by Gasteiger charge is 2.34. The van der Waals surface area contributed by atoms with Gasteiger partial charge in [0.2, 0.25) is 11.8 Å². The molecule has 0 bridgehead atoms. The van der Waals surface area contributed by atoms with Gasteiger partial charge in [-0.1, -0.05) is 42.4 Å². The molecule has 0 saturated carbocycles. The van der Waals surface area contributed by atoms with E-state index in [2.05, 4.69) is 49.0 Å². The summed E-state index contributed by atoms with van der Waals surface area (Å²) in [4.78, 5) is 39.9. The molecule has 2 aliphatic heterocycles. The average molecular weight is 587 g/mol. The third-order valence-electron chi connectivity index (χ3n) is 8.94. The Kier molecular flexibility index (Phi) is 9.15. The molecule has 1 N–H and O–H groups in total. The number of nitrogens with zero attached hydrogens (tertiary/aromatic N) is 5. The molecule has 4 heterocycles. The van der Waals surface area contributed by atoms with Gasteiger partial charge in [0.05, 0.1) is 29.8 Å². The summed E-state index contributed by atoms with van der Waals surface area (Å²) in [5, 5.41) is 5.88. The summed E-state index contributed by atoms with van der Waals surface area (Å²) in [6, 6.07) is 8.36. The van der Waals surface area contributed by atoms with Crippen LogP contribution < -0.4 is 5.32 Å². The quantitative estimate of drug-likeness (QED) is 0.352. The number of allylic oxidation sites excluding steroid dienone is 2. The van der Waals surface area contributed by atoms with Crippen LogP contribution in [0.15, 0.2) is 53.4 Å². The summed E-state index contributed by atoms with van der Waals surface area (Å²) < 4.78 is 2.17. The number of fused-ring (bicyclic) bond motifs is 1. The number of aryl methyl sites for hydroxylation is 1. The van der Waals surface area contributed by atoms with Crippen molar-refractivity contribution in [3.05, 3.63) is 70.0 Å². The molecule has 0 radical (unpaired) electrons. The van der Waals surface area contributed by atoms with Crippen LogP contribution in [0.4, 0.5) is 0 Å². The molecule has 9 heteroatoms. The number of nitrogens with one attached hydrogen (secondary N) is 1. The van der Waals surface area contributed by atoms with Gasteiger partial charge in [-0.2, -0.15) is 0 Å². The van der Waals surface area contributed by atoms with Gasteiger partial charge in [-0.15, -0.1) is 11.3 Å². The van der Waals surface area contributed by atoms with E-state index in [9.17, 15) is 9.59 Å². The molecule has 222 valence electrons. The first-order valence-corrected chi connectivity index (χ1v) is 16.4. The molecule has 3 aromatic rings. The molecule has 2 amide bonds. The van der Waals surface area contributed by atoms with Gasteiger partial charge >= 0.3 is 0 Å². The number of likely N-dealkylation sites (tertiary alicyclic amines) is 2. The minimum Gasteiger partial charge on any atom is -0.350 e. The summed E-state index contributed by atoms with van der Waals surface area (Å²) in [6.45, 7) is 7.30. The van der Waals surface area contributed by atoms with Crippen molar-refractivity contribution in [2.45, 2.75) is 77.4 Å². The number of imidazole rings is 1. The summed E-state index contributed by atoms with van der Waals surface area (Å²) in [5.74, 6) is 1.33. The van der Waals surface area contributed by atoms with Crippen molar-refractivity contribution in [3.8, 4) is 0 Å². The Balaban J connectivity index is 0.954. The summed E-state index contributed by atoms with van der Waals surface area (Å²) >= 11 is 1.55. The van der Waals surface area contributed by atoms with Crippen molar-refractivity contribution in [1.82, 2.24) is 29.7 Å². The minimum absolute atomic E-state index is 0.100. The lowest BCUT2D eigenvalue weighted by atomic mass is 9.86. The number of aromatic nitrogens is 3. The van der Waals surface area contributed by atoms with Crippen molar-refractivity contribution in [1.29, 1.82) is 0 Å². The number of carbonyl (C=O) groups is 2. The Bertz CT molecular complexity index is 1470. The fourth-order valence-electron chi connectivity index (χ4n) is 6.79. The number of carbonyl (C=O) groups excluding carboxylic acids is 2. The van der Waals surface area contributed by atoms with Gasteiger partial charge in [-0.25, -0.2) is 9.97 Å². The first-order chi connectivity index (χ1) is 20.5. The Morgan fingerprint density at radius 1 is 1.02 bits per heavy atom. The fraction of sp³-hybridized carbons (Fsp3) is 0.515. The van der Waals surface area contributed by atoms with Crippen LogP contribution >= 0.6 is 11.3 Å². The van der Waals surface area contributed by atoms with Crippen molar-refractivity contribution in [2.24, 2.45) is 5.92 Å². The Morgan fingerprint density at radius 2 is 1.88 bits per heavy atom. The van der Waals surface area contributed by atoms with Crippen LogP contribution in [0.5, 0.6) is 0 Å². The van der Waals surface area contributed by atoms with E-state index in [1.165, 1.54) is 37.9 Å². The van der Waals surface area contributed by atoms with Gasteiger partial charge in [0.1, 0.15) is 10.8 Å². The SMILES string of the molecule is Cc1nc2ccccc2n1Cc1csc(CNC(=O)CCC(=O)N2CCCC2C2C=CC=C(CN3CCCCC3)C2)n1. The highest BCUT2D eigenvalue weighted by Crippen LogP contribution is 2.32. The monoisotopic (exact) mass is 586 g/mol. The lowest BCUT2D eigenvalue weighted by molar-refractivity contribution is -0.134. The first-order valence-electron chi connectivity index (χ1n) is 15.5. The Morgan fingerprint density at radius 3 is 2.76 bits per heavy atom. The zero-order valence-corrected chi connectivity index (χ0v) is 25.5. The van der Waals surface area contributed by atoms with Crippen molar-refractivity contribution >= 4 is 34.2 Å². The third kappa shape index (κ3) is 6.84. The topological polar surface area (TPSA) is 83.4 Å². The standard InChI is InChI=1S/C33H42N6O2S/c1-24-35-28-11-3-4-12-30(28)39(24)22-27-23-42-32(36-27)20-34-31(40)14-15-33(41)38-18-8-13-29(38)26-10-7-9-25(19-26)21-37-16-5-2-6-17-37/h3-4,7,9-12,23,26,29H,2,5-6,8,13-22H2,1H3,(H,34,40). The molecule has 2 unspecified atom stereocenters. The summed E-state index contributed by atoms with van der Waals surface area (Å²) in [5.41, 5.74) is 4.52. The minimum atomic E-state index is -0.100. The lowest BCUT2D eigenvalue weighted by Crippen LogP contribution is -2.41. The van der Waals surface area contributed by atoms with Gasteiger partial charge in [-0.3, -0.25) is 14.5 Å². The number of rotatable bonds is 10. The molecule has 1 aliphatic carbocycles. The number of piperidine rings is 1. The normalized spacial score (nSPS) is 21.2. The smallest absolute Gasteiger partial charge is 0.223 e. The van der Waals surface area contributed by atoms with E-state index >= 15 is 0 Å². The number of amides is 2. The molecule has 6 rings (SSSR count). The largest absolute Gasteiger partial charge is 0.350 e. The number of hydrogen-bond acceptors (Lipinski definition) is 6. The van der Waals surface area contributed by atoms with Crippen LogP contribution in [0.25, 0.3) is 11.0 Å². The van der Waals surface area contributed by atoms with Gasteiger partial charge in [-0.05, 0) is 64.3 Å². The van der Waals surface area contributed by atoms with Crippen LogP contribution in [0.2, 0.25) is 0 Å². The Labute approximate surface area is 252 Å². The highest BCUT2D eigenvalue weighted by molar-refractivity contribution is 7.09. The zero-order chi connectivity index (χ0) is 28.9. The maximum atomic E-state index is 13.2. The van der Waals surface area contributed by atoms with E-state index in [-0.39, 0.29) is 30.7 Å². The van der Waals surface area contributed by atoms with E-state index in [1.54, 1.807) is 11.3 Å². The second-order valence-corrected chi connectivity index (χ2v) is 12.9. The van der Waals surface area contributed by atoms with Gasteiger partial charge in [0.25, 0.3) is 0 Å². The molecular formula is C33H42N6O2S. The van der Waals surface area contributed by atoms with Crippen LogP contribution in [0.3, 0.4) is 0 Å². The van der Waals surface area contributed by atoms with Gasteiger partial charge in [0.15, 0.2) is 0 Å². The molecule has 3 aliphatic rings. The molecule has 8 nitrogen and oxygen atoms in total. The van der Waals surface area contributed by atoms with Crippen molar-refractivity contribution < 1.29 is 9.59 Å². The van der Waals surface area contributed by atoms with Crippen LogP contribution in [-0.4, -0.2) is 68.4 Å². The van der Waals surface area contributed by atoms with E-state index in [0.29, 0.717) is 19.0 Å². The van der Waals surface area contributed by atoms with E-state index < -0.39 is 0 Å². The fourth-order valence-corrected chi connectivity index (χ4v) is 7.52. The highest BCUT2D eigenvalue weighted by atomic mass is 32.1. The molecular weight excluding hydrogens is 544 g/mol. The molecule has 2 fully saturated rings. The molecule has 2 aromatic heterocycles.